The van der Waals surface area contributed by atoms with E-state index in [1.54, 1.807) is 30.1 Å². The van der Waals surface area contributed by atoms with Crippen LogP contribution in [0.2, 0.25) is 0 Å². The second kappa shape index (κ2) is 8.57. The van der Waals surface area contributed by atoms with Crippen LogP contribution in [0.25, 0.3) is 0 Å². The molecule has 0 aliphatic carbocycles. The number of nitrogens with zero attached hydrogens (tertiary/aromatic N) is 2. The minimum absolute atomic E-state index is 0.0612. The minimum atomic E-state index is -3.80. The summed E-state index contributed by atoms with van der Waals surface area (Å²) >= 11 is 0. The lowest BCUT2D eigenvalue weighted by Gasteiger charge is -2.31. The van der Waals surface area contributed by atoms with Gasteiger partial charge < -0.3 is 10.2 Å². The van der Waals surface area contributed by atoms with E-state index in [4.69, 9.17) is 0 Å². The minimum Gasteiger partial charge on any atom is -0.326 e. The van der Waals surface area contributed by atoms with E-state index in [0.29, 0.717) is 24.9 Å². The Labute approximate surface area is 195 Å². The number of likely N-dealkylation sites (N-methyl/N-ethyl adjacent to an activating group) is 1. The predicted octanol–water partition coefficient (Wildman–Crippen LogP) is 3.54. The number of piperidine rings is 1. The Morgan fingerprint density at radius 2 is 1.94 bits per heavy atom. The maximum absolute atomic E-state index is 13.5. The van der Waals surface area contributed by atoms with Gasteiger partial charge in [0.15, 0.2) is 0 Å². The van der Waals surface area contributed by atoms with Crippen molar-refractivity contribution in [2.24, 2.45) is 5.92 Å². The molecule has 0 saturated carbocycles. The smallest absolute Gasteiger partial charge is 0.243 e. The third kappa shape index (κ3) is 4.17. The first-order valence-corrected chi connectivity index (χ1v) is 12.8. The van der Waals surface area contributed by atoms with Crippen LogP contribution in [-0.4, -0.2) is 44.7 Å². The molecule has 7 nitrogen and oxygen atoms in total. The lowest BCUT2D eigenvalue weighted by Crippen LogP contribution is -2.43. The van der Waals surface area contributed by atoms with Gasteiger partial charge in [0.25, 0.3) is 0 Å². The quantitative estimate of drug-likeness (QED) is 0.726. The molecule has 0 bridgehead atoms. The summed E-state index contributed by atoms with van der Waals surface area (Å²) in [6.07, 6.45) is 2.13. The molecule has 1 fully saturated rings. The Kier molecular flexibility index (Phi) is 6.09. The molecule has 0 aromatic heterocycles. The molecule has 8 heteroatoms. The van der Waals surface area contributed by atoms with Crippen molar-refractivity contribution in [3.8, 4) is 0 Å². The van der Waals surface area contributed by atoms with Gasteiger partial charge in [-0.15, -0.1) is 0 Å². The Morgan fingerprint density at radius 3 is 2.67 bits per heavy atom. The van der Waals surface area contributed by atoms with Gasteiger partial charge in [-0.05, 0) is 74.6 Å². The normalized spacial score (nSPS) is 20.5. The van der Waals surface area contributed by atoms with E-state index in [2.05, 4.69) is 12.2 Å². The molecule has 2 aromatic rings. The van der Waals surface area contributed by atoms with E-state index in [1.807, 2.05) is 38.1 Å². The third-order valence-corrected chi connectivity index (χ3v) is 8.70. The average Bonchev–Trinajstić information content (AvgIpc) is 2.99. The number of carbonyl (C=O) groups is 2. The van der Waals surface area contributed by atoms with Crippen LogP contribution in [0.3, 0.4) is 0 Å². The van der Waals surface area contributed by atoms with Gasteiger partial charge in [0, 0.05) is 31.5 Å². The number of hydrogen-bond donors (Lipinski definition) is 1. The van der Waals surface area contributed by atoms with E-state index < -0.39 is 21.4 Å². The Balaban J connectivity index is 1.54. The van der Waals surface area contributed by atoms with Crippen molar-refractivity contribution >= 4 is 33.2 Å². The van der Waals surface area contributed by atoms with Gasteiger partial charge in [0.1, 0.15) is 0 Å². The number of aryl methyl sites for hydroxylation is 1. The molecule has 1 atom stereocenters. The SMILES string of the molecule is CCc1cccc(NC(=O)C2CCCN(S(=O)(=O)c3ccc4c(c3)C(C)(C)C(=O)N4C)C2)c1. The highest BCUT2D eigenvalue weighted by molar-refractivity contribution is 7.89. The summed E-state index contributed by atoms with van der Waals surface area (Å²) in [5, 5.41) is 2.95. The molecule has 1 saturated heterocycles. The summed E-state index contributed by atoms with van der Waals surface area (Å²) < 4.78 is 28.3. The highest BCUT2D eigenvalue weighted by atomic mass is 32.2. The van der Waals surface area contributed by atoms with Crippen molar-refractivity contribution in [2.75, 3.05) is 30.4 Å². The fourth-order valence-electron chi connectivity index (χ4n) is 4.75. The molecule has 0 spiro atoms. The van der Waals surface area contributed by atoms with Gasteiger partial charge in [0.2, 0.25) is 21.8 Å². The van der Waals surface area contributed by atoms with Gasteiger partial charge in [-0.25, -0.2) is 8.42 Å². The molecule has 2 amide bonds. The maximum atomic E-state index is 13.5. The first-order chi connectivity index (χ1) is 15.6. The fraction of sp³-hybridized carbons (Fsp3) is 0.440. The number of benzene rings is 2. The van der Waals surface area contributed by atoms with Crippen LogP contribution < -0.4 is 10.2 Å². The maximum Gasteiger partial charge on any atom is 0.243 e. The van der Waals surface area contributed by atoms with Gasteiger partial charge in [-0.3, -0.25) is 9.59 Å². The molecular weight excluding hydrogens is 438 g/mol. The molecule has 176 valence electrons. The molecule has 2 heterocycles. The summed E-state index contributed by atoms with van der Waals surface area (Å²) in [6, 6.07) is 12.6. The van der Waals surface area contributed by atoms with Crippen molar-refractivity contribution < 1.29 is 18.0 Å². The first kappa shape index (κ1) is 23.4. The Morgan fingerprint density at radius 1 is 1.18 bits per heavy atom. The Bertz CT molecular complexity index is 1210. The number of anilines is 2. The van der Waals surface area contributed by atoms with Crippen LogP contribution in [0, 0.1) is 5.92 Å². The predicted molar refractivity (Wildman–Crippen MR) is 129 cm³/mol. The molecule has 1 N–H and O–H groups in total. The van der Waals surface area contributed by atoms with E-state index in [-0.39, 0.29) is 23.3 Å². The zero-order valence-electron chi connectivity index (χ0n) is 19.6. The van der Waals surface area contributed by atoms with Crippen molar-refractivity contribution in [1.29, 1.82) is 0 Å². The number of amides is 2. The van der Waals surface area contributed by atoms with Crippen molar-refractivity contribution in [1.82, 2.24) is 4.31 Å². The van der Waals surface area contributed by atoms with Crippen molar-refractivity contribution in [3.63, 3.8) is 0 Å². The van der Waals surface area contributed by atoms with Crippen molar-refractivity contribution in [3.05, 3.63) is 53.6 Å². The molecular formula is C25H31N3O4S. The molecule has 1 unspecified atom stereocenters. The van der Waals surface area contributed by atoms with E-state index in [9.17, 15) is 18.0 Å². The third-order valence-electron chi connectivity index (χ3n) is 6.84. The Hall–Kier alpha value is -2.71. The number of nitrogens with one attached hydrogen (secondary N) is 1. The van der Waals surface area contributed by atoms with Crippen LogP contribution in [0.1, 0.15) is 44.7 Å². The molecule has 0 radical (unpaired) electrons. The zero-order chi connectivity index (χ0) is 24.0. The molecule has 33 heavy (non-hydrogen) atoms. The second-order valence-electron chi connectivity index (χ2n) is 9.41. The van der Waals surface area contributed by atoms with Gasteiger partial charge >= 0.3 is 0 Å². The highest BCUT2D eigenvalue weighted by Crippen LogP contribution is 2.42. The number of carbonyl (C=O) groups excluding carboxylic acids is 2. The summed E-state index contributed by atoms with van der Waals surface area (Å²) in [6.45, 7) is 6.18. The highest BCUT2D eigenvalue weighted by Gasteiger charge is 2.43. The van der Waals surface area contributed by atoms with Crippen LogP contribution in [0.4, 0.5) is 11.4 Å². The van der Waals surface area contributed by atoms with Gasteiger partial charge in [-0.1, -0.05) is 19.1 Å². The second-order valence-corrected chi connectivity index (χ2v) is 11.4. The monoisotopic (exact) mass is 469 g/mol. The summed E-state index contributed by atoms with van der Waals surface area (Å²) in [5.74, 6) is -0.642. The number of rotatable bonds is 5. The standard InChI is InChI=1S/C25H31N3O4S/c1-5-17-8-6-10-19(14-17)26-23(29)18-9-7-13-28(16-18)33(31,32)20-11-12-22-21(15-20)25(2,3)24(30)27(22)4/h6,8,10-12,14-15,18H,5,7,9,13,16H2,1-4H3,(H,26,29). The lowest BCUT2D eigenvalue weighted by molar-refractivity contribution is -0.122. The number of sulfonamides is 1. The zero-order valence-corrected chi connectivity index (χ0v) is 20.4. The van der Waals surface area contributed by atoms with Gasteiger partial charge in [-0.2, -0.15) is 4.31 Å². The van der Waals surface area contributed by atoms with Gasteiger partial charge in [0.05, 0.1) is 16.2 Å². The first-order valence-electron chi connectivity index (χ1n) is 11.4. The fourth-order valence-corrected chi connectivity index (χ4v) is 6.30. The summed E-state index contributed by atoms with van der Waals surface area (Å²) in [5.41, 5.74) is 2.51. The number of fused-ring (bicyclic) bond motifs is 1. The lowest BCUT2D eigenvalue weighted by atomic mass is 9.86. The topological polar surface area (TPSA) is 86.8 Å². The van der Waals surface area contributed by atoms with Crippen molar-refractivity contribution in [2.45, 2.75) is 50.3 Å². The largest absolute Gasteiger partial charge is 0.326 e. The summed E-state index contributed by atoms with van der Waals surface area (Å²) in [7, 11) is -2.09. The van der Waals surface area contributed by atoms with Crippen LogP contribution in [0.15, 0.2) is 47.4 Å². The molecule has 4 rings (SSSR count). The van der Waals surface area contributed by atoms with Crippen LogP contribution >= 0.6 is 0 Å². The van der Waals surface area contributed by atoms with Crippen LogP contribution in [-0.2, 0) is 31.4 Å². The van der Waals surface area contributed by atoms with E-state index >= 15 is 0 Å². The van der Waals surface area contributed by atoms with E-state index in [1.165, 1.54) is 4.31 Å². The number of hydrogen-bond acceptors (Lipinski definition) is 4. The average molecular weight is 470 g/mol. The molecule has 2 aliphatic heterocycles. The van der Waals surface area contributed by atoms with E-state index in [0.717, 1.165) is 23.4 Å². The molecule has 2 aliphatic rings. The van der Waals surface area contributed by atoms with Crippen LogP contribution in [0.5, 0.6) is 0 Å². The summed E-state index contributed by atoms with van der Waals surface area (Å²) in [4.78, 5) is 27.2. The molecule has 2 aromatic carbocycles.